The van der Waals surface area contributed by atoms with Crippen molar-refractivity contribution in [2.24, 2.45) is 22.7 Å². The van der Waals surface area contributed by atoms with Crippen molar-refractivity contribution in [2.75, 3.05) is 21.7 Å². The van der Waals surface area contributed by atoms with Gasteiger partial charge >= 0.3 is 0 Å². The zero-order valence-electron chi connectivity index (χ0n) is 38.1. The lowest BCUT2D eigenvalue weighted by Crippen LogP contribution is -2.46. The van der Waals surface area contributed by atoms with Gasteiger partial charge in [0.2, 0.25) is 0 Å². The van der Waals surface area contributed by atoms with Crippen LogP contribution in [-0.2, 0) is 0 Å². The Labute approximate surface area is 390 Å². The maximum absolute atomic E-state index is 5.34. The van der Waals surface area contributed by atoms with Crippen molar-refractivity contribution in [2.45, 2.75) is 58.0 Å². The number of nitrogens with zero attached hydrogens (tertiary/aromatic N) is 3. The molecule has 0 saturated carbocycles. The Hall–Kier alpha value is -7.17. The van der Waals surface area contributed by atoms with E-state index in [1.807, 2.05) is 0 Å². The normalized spacial score (nSPS) is 24.1. The Morgan fingerprint density at radius 1 is 0.636 bits per heavy atom. The number of hydrogen-bond acceptors (Lipinski definition) is 4. The van der Waals surface area contributed by atoms with Crippen LogP contribution >= 0.6 is 0 Å². The maximum atomic E-state index is 5.34. The second-order valence-corrected chi connectivity index (χ2v) is 19.2. The molecule has 0 aromatic heterocycles. The van der Waals surface area contributed by atoms with Crippen LogP contribution in [0.4, 0.5) is 17.1 Å². The van der Waals surface area contributed by atoms with Gasteiger partial charge in [0, 0.05) is 57.5 Å². The van der Waals surface area contributed by atoms with Crippen molar-refractivity contribution >= 4 is 34.0 Å². The van der Waals surface area contributed by atoms with E-state index in [-0.39, 0.29) is 18.0 Å². The van der Waals surface area contributed by atoms with Crippen molar-refractivity contribution in [3.63, 3.8) is 0 Å². The number of rotatable bonds is 6. The standard InChI is InChI=1S/C62H56N4/c1-40-19-17-32-56-58(40)53-39-65(57-38-47(37-41(2)42(57)3)43-20-7-4-8-21-43)54-30-15-13-26-50(54)59(53)51-27-14-16-31-55(51)66(56)48-35-33-44(34-36-48)49-28-18-29-52-60(45-22-9-5-10-23-45)63-62(64-61(49)52)46-24-11-6-12-25-46/h4-18,20-33,35-36,38,40-42,44,57,60H,19,34,37,39H2,1-3H3,(H,63,64)/t40?,41?,42-,44?,57?,60?/m1/s1. The first-order valence-corrected chi connectivity index (χ1v) is 24.1. The fourth-order valence-electron chi connectivity index (χ4n) is 11.8. The summed E-state index contributed by atoms with van der Waals surface area (Å²) in [6.45, 7) is 8.25. The summed E-state index contributed by atoms with van der Waals surface area (Å²) < 4.78 is 0. The van der Waals surface area contributed by atoms with Crippen molar-refractivity contribution < 1.29 is 0 Å². The number of para-hydroxylation sites is 3. The van der Waals surface area contributed by atoms with Crippen molar-refractivity contribution in [3.05, 3.63) is 256 Å². The Balaban J connectivity index is 0.944. The van der Waals surface area contributed by atoms with Gasteiger partial charge in [-0.2, -0.15) is 0 Å². The Kier molecular flexibility index (Phi) is 10.2. The molecule has 12 rings (SSSR count). The third kappa shape index (κ3) is 6.85. The minimum atomic E-state index is -0.0958. The molecule has 66 heavy (non-hydrogen) atoms. The monoisotopic (exact) mass is 856 g/mol. The first kappa shape index (κ1) is 40.3. The highest BCUT2D eigenvalue weighted by atomic mass is 15.2. The fourth-order valence-corrected chi connectivity index (χ4v) is 11.8. The van der Waals surface area contributed by atoms with E-state index in [1.54, 1.807) is 0 Å². The molecule has 6 aromatic rings. The molecule has 0 bridgehead atoms. The first-order chi connectivity index (χ1) is 32.5. The number of benzene rings is 6. The van der Waals surface area contributed by atoms with Crippen LogP contribution in [0.1, 0.15) is 90.9 Å². The maximum Gasteiger partial charge on any atom is 0.133 e. The van der Waals surface area contributed by atoms with Gasteiger partial charge in [0.05, 0.1) is 11.7 Å². The molecule has 324 valence electrons. The van der Waals surface area contributed by atoms with E-state index in [9.17, 15) is 0 Å². The lowest BCUT2D eigenvalue weighted by molar-refractivity contribution is 0.338. The summed E-state index contributed by atoms with van der Waals surface area (Å²) in [5.74, 6) is 2.52. The molecular weight excluding hydrogens is 801 g/mol. The molecule has 1 N–H and O–H groups in total. The summed E-state index contributed by atoms with van der Waals surface area (Å²) in [7, 11) is 0. The van der Waals surface area contributed by atoms with E-state index in [0.717, 1.165) is 37.2 Å². The van der Waals surface area contributed by atoms with Gasteiger partial charge in [0.1, 0.15) is 11.9 Å². The number of amidine groups is 1. The summed E-state index contributed by atoms with van der Waals surface area (Å²) >= 11 is 0. The Bertz CT molecular complexity index is 3070. The highest BCUT2D eigenvalue weighted by molar-refractivity contribution is 6.10. The second-order valence-electron chi connectivity index (χ2n) is 19.2. The fraction of sp³-hybridized carbons (Fsp3) is 0.210. The molecule has 6 atom stereocenters. The van der Waals surface area contributed by atoms with Gasteiger partial charge in [0.25, 0.3) is 0 Å². The zero-order chi connectivity index (χ0) is 44.3. The molecule has 3 aliphatic carbocycles. The highest BCUT2D eigenvalue weighted by Crippen LogP contribution is 2.53. The van der Waals surface area contributed by atoms with Crippen LogP contribution in [0.3, 0.4) is 0 Å². The first-order valence-electron chi connectivity index (χ1n) is 24.1. The SMILES string of the molecule is CC1CC=CC2=C1C1=C(c3ccccc3N2C2=CCC(c3cccc4c3NC(c3ccccc3)=NC4c3ccccc3)C=C2)c2ccccc2N(C2C=C(c3ccccc3)CC(C)[C@H]2C)C1. The van der Waals surface area contributed by atoms with Crippen LogP contribution < -0.4 is 15.1 Å². The quantitative estimate of drug-likeness (QED) is 0.181. The molecule has 0 spiro atoms. The summed E-state index contributed by atoms with van der Waals surface area (Å²) in [4.78, 5) is 10.7. The van der Waals surface area contributed by atoms with Gasteiger partial charge < -0.3 is 15.1 Å². The molecule has 3 heterocycles. The van der Waals surface area contributed by atoms with Crippen LogP contribution in [0.15, 0.2) is 222 Å². The number of allylic oxidation sites excluding steroid dienone is 6. The summed E-state index contributed by atoms with van der Waals surface area (Å²) in [5, 5.41) is 3.85. The van der Waals surface area contributed by atoms with Crippen molar-refractivity contribution in [1.82, 2.24) is 0 Å². The third-order valence-electron chi connectivity index (χ3n) is 15.3. The summed E-state index contributed by atoms with van der Waals surface area (Å²) in [5.41, 5.74) is 20.9. The van der Waals surface area contributed by atoms with Crippen LogP contribution in [0.5, 0.6) is 0 Å². The summed E-state index contributed by atoms with van der Waals surface area (Å²) in [6, 6.07) is 57.8. The molecule has 3 aliphatic heterocycles. The minimum absolute atomic E-state index is 0.0958. The molecule has 4 heteroatoms. The van der Waals surface area contributed by atoms with E-state index in [4.69, 9.17) is 4.99 Å². The Morgan fingerprint density at radius 2 is 1.30 bits per heavy atom. The van der Waals surface area contributed by atoms with E-state index in [1.165, 1.54) is 84.1 Å². The predicted molar refractivity (Wildman–Crippen MR) is 276 cm³/mol. The van der Waals surface area contributed by atoms with Crippen LogP contribution in [-0.4, -0.2) is 18.4 Å². The largest absolute Gasteiger partial charge is 0.360 e. The molecule has 6 aliphatic rings. The number of hydrogen-bond donors (Lipinski definition) is 1. The molecule has 0 amide bonds. The van der Waals surface area contributed by atoms with Gasteiger partial charge in [0.15, 0.2) is 0 Å². The lowest BCUT2D eigenvalue weighted by atomic mass is 9.74. The van der Waals surface area contributed by atoms with E-state index < -0.39 is 0 Å². The van der Waals surface area contributed by atoms with E-state index in [2.05, 4.69) is 230 Å². The topological polar surface area (TPSA) is 30.9 Å². The summed E-state index contributed by atoms with van der Waals surface area (Å²) in [6.07, 6.45) is 17.8. The molecule has 5 unspecified atom stereocenters. The van der Waals surface area contributed by atoms with Crippen LogP contribution in [0, 0.1) is 17.8 Å². The lowest BCUT2D eigenvalue weighted by Gasteiger charge is -2.45. The predicted octanol–water partition coefficient (Wildman–Crippen LogP) is 14.7. The molecule has 0 radical (unpaired) electrons. The highest BCUT2D eigenvalue weighted by Gasteiger charge is 2.41. The van der Waals surface area contributed by atoms with Crippen LogP contribution in [0.2, 0.25) is 0 Å². The van der Waals surface area contributed by atoms with Crippen molar-refractivity contribution in [3.8, 4) is 0 Å². The van der Waals surface area contributed by atoms with Crippen molar-refractivity contribution in [1.29, 1.82) is 0 Å². The van der Waals surface area contributed by atoms with Gasteiger partial charge in [-0.25, -0.2) is 0 Å². The zero-order valence-corrected chi connectivity index (χ0v) is 38.1. The van der Waals surface area contributed by atoms with E-state index in [0.29, 0.717) is 17.8 Å². The second kappa shape index (κ2) is 16.7. The molecular formula is C62H56N4. The van der Waals surface area contributed by atoms with Gasteiger partial charge in [-0.05, 0) is 100 Å². The van der Waals surface area contributed by atoms with Gasteiger partial charge in [-0.1, -0.05) is 191 Å². The average molecular weight is 857 g/mol. The number of anilines is 3. The van der Waals surface area contributed by atoms with Gasteiger partial charge in [-0.3, -0.25) is 4.99 Å². The number of nitrogens with one attached hydrogen (secondary N) is 1. The Morgan fingerprint density at radius 3 is 2.05 bits per heavy atom. The molecule has 6 aromatic carbocycles. The number of fused-ring (bicyclic) bond motifs is 6. The number of aliphatic imine (C=N–C) groups is 1. The van der Waals surface area contributed by atoms with Crippen LogP contribution in [0.25, 0.3) is 11.1 Å². The van der Waals surface area contributed by atoms with E-state index >= 15 is 0 Å². The third-order valence-corrected chi connectivity index (χ3v) is 15.3. The van der Waals surface area contributed by atoms with Gasteiger partial charge in [-0.15, -0.1) is 0 Å². The average Bonchev–Trinajstić information content (AvgIpc) is 3.50. The smallest absolute Gasteiger partial charge is 0.133 e. The molecule has 0 fully saturated rings. The minimum Gasteiger partial charge on any atom is -0.360 e. The molecule has 0 saturated heterocycles. The molecule has 4 nitrogen and oxygen atoms in total.